The molecule has 1 saturated heterocycles. The molecule has 1 heterocycles. The van der Waals surface area contributed by atoms with Crippen molar-refractivity contribution in [2.24, 2.45) is 5.73 Å². The second kappa shape index (κ2) is 4.80. The lowest BCUT2D eigenvalue weighted by Crippen LogP contribution is -2.39. The lowest BCUT2D eigenvalue weighted by Gasteiger charge is -2.25. The monoisotopic (exact) mass is 172 g/mol. The molecule has 0 bridgehead atoms. The van der Waals surface area contributed by atoms with Gasteiger partial charge in [-0.25, -0.2) is 0 Å². The lowest BCUT2D eigenvalue weighted by atomic mass is 10.1. The Morgan fingerprint density at radius 1 is 1.67 bits per heavy atom. The number of hydrogen-bond acceptors (Lipinski definition) is 3. The van der Waals surface area contributed by atoms with E-state index in [0.717, 1.165) is 13.1 Å². The normalized spacial score (nSPS) is 27.8. The van der Waals surface area contributed by atoms with Crippen LogP contribution >= 0.6 is 0 Å². The molecule has 12 heavy (non-hydrogen) atoms. The van der Waals surface area contributed by atoms with Gasteiger partial charge in [0.25, 0.3) is 0 Å². The van der Waals surface area contributed by atoms with Gasteiger partial charge < -0.3 is 10.8 Å². The van der Waals surface area contributed by atoms with Crippen LogP contribution in [0.3, 0.4) is 0 Å². The molecule has 0 amide bonds. The van der Waals surface area contributed by atoms with Gasteiger partial charge in [0, 0.05) is 19.1 Å². The Kier molecular flexibility index (Phi) is 3.98. The molecule has 1 aliphatic heterocycles. The highest BCUT2D eigenvalue weighted by Crippen LogP contribution is 2.19. The predicted octanol–water partition coefficient (Wildman–Crippen LogP) is 0.180. The zero-order chi connectivity index (χ0) is 8.97. The van der Waals surface area contributed by atoms with E-state index in [2.05, 4.69) is 11.8 Å². The molecule has 0 aromatic carbocycles. The highest BCUT2D eigenvalue weighted by atomic mass is 16.3. The quantitative estimate of drug-likeness (QED) is 0.636. The van der Waals surface area contributed by atoms with Gasteiger partial charge in [0.15, 0.2) is 0 Å². The molecule has 0 saturated carbocycles. The van der Waals surface area contributed by atoms with Crippen molar-refractivity contribution in [1.29, 1.82) is 0 Å². The van der Waals surface area contributed by atoms with Gasteiger partial charge in [-0.3, -0.25) is 4.90 Å². The van der Waals surface area contributed by atoms with Crippen molar-refractivity contribution in [3.05, 3.63) is 0 Å². The van der Waals surface area contributed by atoms with Crippen LogP contribution in [-0.4, -0.2) is 41.8 Å². The third-order valence-corrected chi connectivity index (χ3v) is 2.69. The number of nitrogens with two attached hydrogens (primary N) is 1. The summed E-state index contributed by atoms with van der Waals surface area (Å²) in [6.07, 6.45) is 3.41. The smallest absolute Gasteiger partial charge is 0.0789 e. The molecule has 3 N–H and O–H groups in total. The van der Waals surface area contributed by atoms with E-state index in [4.69, 9.17) is 5.73 Å². The Balaban J connectivity index is 2.30. The molecule has 2 atom stereocenters. The largest absolute Gasteiger partial charge is 0.390 e. The Morgan fingerprint density at radius 3 is 3.00 bits per heavy atom. The van der Waals surface area contributed by atoms with Gasteiger partial charge in [-0.15, -0.1) is 0 Å². The second-order valence-electron chi connectivity index (χ2n) is 3.59. The number of nitrogens with zero attached hydrogens (tertiary/aromatic N) is 1. The molecule has 72 valence electrons. The van der Waals surface area contributed by atoms with Crippen molar-refractivity contribution >= 4 is 0 Å². The van der Waals surface area contributed by atoms with Crippen LogP contribution in [0.4, 0.5) is 0 Å². The lowest BCUT2D eigenvalue weighted by molar-refractivity contribution is 0.110. The summed E-state index contributed by atoms with van der Waals surface area (Å²) in [4.78, 5) is 2.36. The summed E-state index contributed by atoms with van der Waals surface area (Å²) in [5, 5.41) is 9.36. The number of rotatable bonds is 4. The number of aliphatic hydroxyl groups is 1. The minimum absolute atomic E-state index is 0.336. The van der Waals surface area contributed by atoms with Gasteiger partial charge in [-0.05, 0) is 25.8 Å². The molecule has 0 radical (unpaired) electrons. The highest BCUT2D eigenvalue weighted by molar-refractivity contribution is 4.79. The molecule has 0 spiro atoms. The fraction of sp³-hybridized carbons (Fsp3) is 1.00. The van der Waals surface area contributed by atoms with Crippen LogP contribution < -0.4 is 5.73 Å². The topological polar surface area (TPSA) is 49.5 Å². The average Bonchev–Trinajstić information content (AvgIpc) is 2.51. The van der Waals surface area contributed by atoms with E-state index >= 15 is 0 Å². The third kappa shape index (κ3) is 2.44. The first-order chi connectivity index (χ1) is 5.77. The Hall–Kier alpha value is -0.120. The molecule has 0 aromatic heterocycles. The van der Waals surface area contributed by atoms with Crippen molar-refractivity contribution in [2.45, 2.75) is 38.3 Å². The Labute approximate surface area is 74.5 Å². The Morgan fingerprint density at radius 2 is 2.42 bits per heavy atom. The van der Waals surface area contributed by atoms with E-state index in [1.165, 1.54) is 19.3 Å². The molecule has 1 rings (SSSR count). The summed E-state index contributed by atoms with van der Waals surface area (Å²) < 4.78 is 0. The van der Waals surface area contributed by atoms with E-state index in [9.17, 15) is 5.11 Å². The van der Waals surface area contributed by atoms with Crippen molar-refractivity contribution < 1.29 is 5.11 Å². The Bertz CT molecular complexity index is 130. The van der Waals surface area contributed by atoms with E-state index in [1.807, 2.05) is 0 Å². The zero-order valence-corrected chi connectivity index (χ0v) is 7.87. The molecule has 3 heteroatoms. The summed E-state index contributed by atoms with van der Waals surface area (Å²) in [6, 6.07) is 0.686. The number of hydrogen-bond donors (Lipinski definition) is 2. The maximum Gasteiger partial charge on any atom is 0.0789 e. The SMILES string of the molecule is CCC1CCCN1CC(O)CN. The van der Waals surface area contributed by atoms with Gasteiger partial charge in [0.2, 0.25) is 0 Å². The standard InChI is InChI=1S/C9H20N2O/c1-2-8-4-3-5-11(8)7-9(12)6-10/h8-9,12H,2-7,10H2,1H3. The number of β-amino-alcohol motifs (C(OH)–C–C–N with tert-alkyl or cyclic N) is 1. The molecule has 3 nitrogen and oxygen atoms in total. The fourth-order valence-corrected chi connectivity index (χ4v) is 1.94. The molecule has 1 fully saturated rings. The van der Waals surface area contributed by atoms with Crippen molar-refractivity contribution in [3.8, 4) is 0 Å². The maximum atomic E-state index is 9.36. The van der Waals surface area contributed by atoms with Crippen LogP contribution in [-0.2, 0) is 0 Å². The minimum atomic E-state index is -0.336. The van der Waals surface area contributed by atoms with Crippen LogP contribution in [0.1, 0.15) is 26.2 Å². The molecule has 0 aromatic rings. The molecule has 1 aliphatic rings. The molecular formula is C9H20N2O. The zero-order valence-electron chi connectivity index (χ0n) is 7.87. The van der Waals surface area contributed by atoms with Gasteiger partial charge >= 0.3 is 0 Å². The summed E-state index contributed by atoms with van der Waals surface area (Å²) in [7, 11) is 0. The van der Waals surface area contributed by atoms with Crippen LogP contribution in [0.25, 0.3) is 0 Å². The molecule has 0 aliphatic carbocycles. The molecular weight excluding hydrogens is 152 g/mol. The first-order valence-electron chi connectivity index (χ1n) is 4.90. The minimum Gasteiger partial charge on any atom is -0.390 e. The van der Waals surface area contributed by atoms with Crippen LogP contribution in [0.2, 0.25) is 0 Å². The number of likely N-dealkylation sites (tertiary alicyclic amines) is 1. The van der Waals surface area contributed by atoms with E-state index < -0.39 is 0 Å². The van der Waals surface area contributed by atoms with E-state index in [-0.39, 0.29) is 6.10 Å². The van der Waals surface area contributed by atoms with Gasteiger partial charge in [-0.1, -0.05) is 6.92 Å². The second-order valence-corrected chi connectivity index (χ2v) is 3.59. The van der Waals surface area contributed by atoms with Crippen LogP contribution in [0.5, 0.6) is 0 Å². The summed E-state index contributed by atoms with van der Waals surface area (Å²) in [5.74, 6) is 0. The average molecular weight is 172 g/mol. The maximum absolute atomic E-state index is 9.36. The summed E-state index contributed by atoms with van der Waals surface area (Å²) in [6.45, 7) is 4.48. The van der Waals surface area contributed by atoms with Crippen molar-refractivity contribution in [3.63, 3.8) is 0 Å². The summed E-state index contributed by atoms with van der Waals surface area (Å²) in [5.41, 5.74) is 5.36. The van der Waals surface area contributed by atoms with Crippen molar-refractivity contribution in [1.82, 2.24) is 4.90 Å². The van der Waals surface area contributed by atoms with E-state index in [1.54, 1.807) is 0 Å². The third-order valence-electron chi connectivity index (χ3n) is 2.69. The fourth-order valence-electron chi connectivity index (χ4n) is 1.94. The van der Waals surface area contributed by atoms with Crippen molar-refractivity contribution in [2.75, 3.05) is 19.6 Å². The first-order valence-corrected chi connectivity index (χ1v) is 4.90. The highest BCUT2D eigenvalue weighted by Gasteiger charge is 2.23. The van der Waals surface area contributed by atoms with Gasteiger partial charge in [0.05, 0.1) is 6.10 Å². The van der Waals surface area contributed by atoms with Crippen LogP contribution in [0.15, 0.2) is 0 Å². The summed E-state index contributed by atoms with van der Waals surface area (Å²) >= 11 is 0. The molecule has 2 unspecified atom stereocenters. The predicted molar refractivity (Wildman–Crippen MR) is 49.9 cm³/mol. The van der Waals surface area contributed by atoms with Gasteiger partial charge in [-0.2, -0.15) is 0 Å². The van der Waals surface area contributed by atoms with Gasteiger partial charge in [0.1, 0.15) is 0 Å². The van der Waals surface area contributed by atoms with Crippen LogP contribution in [0, 0.1) is 0 Å². The first kappa shape index (κ1) is 9.96. The number of aliphatic hydroxyl groups excluding tert-OH is 1. The van der Waals surface area contributed by atoms with E-state index in [0.29, 0.717) is 12.6 Å².